The van der Waals surface area contributed by atoms with Crippen molar-refractivity contribution in [2.75, 3.05) is 19.3 Å². The van der Waals surface area contributed by atoms with E-state index in [0.29, 0.717) is 11.3 Å². The van der Waals surface area contributed by atoms with Gasteiger partial charge >= 0.3 is 0 Å². The van der Waals surface area contributed by atoms with E-state index in [9.17, 15) is 17.6 Å². The van der Waals surface area contributed by atoms with Crippen LogP contribution in [0.3, 0.4) is 0 Å². The third-order valence-corrected chi connectivity index (χ3v) is 5.82. The minimum absolute atomic E-state index is 0.232. The van der Waals surface area contributed by atoms with Gasteiger partial charge in [0.1, 0.15) is 16.4 Å². The Labute approximate surface area is 157 Å². The molecular formula is C18H23FN4O3S. The summed E-state index contributed by atoms with van der Waals surface area (Å²) < 4.78 is 38.9. The van der Waals surface area contributed by atoms with Crippen LogP contribution in [0.15, 0.2) is 35.4 Å². The maximum absolute atomic E-state index is 14.1. The molecule has 9 heteroatoms. The lowest BCUT2D eigenvalue weighted by atomic mass is 10.1. The van der Waals surface area contributed by atoms with Crippen molar-refractivity contribution in [3.63, 3.8) is 0 Å². The van der Waals surface area contributed by atoms with Crippen molar-refractivity contribution in [2.45, 2.75) is 36.7 Å². The molecule has 0 spiro atoms. The summed E-state index contributed by atoms with van der Waals surface area (Å²) in [5.74, 6) is -1.19. The van der Waals surface area contributed by atoms with Crippen molar-refractivity contribution >= 4 is 15.7 Å². The van der Waals surface area contributed by atoms with Gasteiger partial charge in [0, 0.05) is 19.0 Å². The van der Waals surface area contributed by atoms with Crippen LogP contribution in [0.25, 0.3) is 0 Å². The summed E-state index contributed by atoms with van der Waals surface area (Å²) in [4.78, 5) is 12.1. The van der Waals surface area contributed by atoms with Gasteiger partial charge < -0.3 is 10.6 Å². The third-order valence-electron chi connectivity index (χ3n) is 4.69. The molecule has 3 rings (SSSR count). The molecule has 0 bridgehead atoms. The minimum Gasteiger partial charge on any atom is -0.344 e. The maximum atomic E-state index is 14.1. The average Bonchev–Trinajstić information content (AvgIpc) is 3.11. The molecule has 1 aromatic carbocycles. The second-order valence-electron chi connectivity index (χ2n) is 6.84. The molecule has 1 aromatic heterocycles. The lowest BCUT2D eigenvalue weighted by molar-refractivity contribution is 0.0933. The molecule has 2 unspecified atom stereocenters. The number of nitrogens with one attached hydrogen (secondary N) is 2. The van der Waals surface area contributed by atoms with E-state index in [1.165, 1.54) is 12.1 Å². The SMILES string of the molecule is CC(NC(=O)c1ccn(C2CCCNC2)n1)c1ccc(S(C)(=O)=O)c(F)c1. The van der Waals surface area contributed by atoms with Crippen molar-refractivity contribution < 1.29 is 17.6 Å². The highest BCUT2D eigenvalue weighted by Gasteiger charge is 2.20. The summed E-state index contributed by atoms with van der Waals surface area (Å²) in [6.45, 7) is 3.53. The Morgan fingerprint density at radius 2 is 2.19 bits per heavy atom. The lowest BCUT2D eigenvalue weighted by Crippen LogP contribution is -2.32. The van der Waals surface area contributed by atoms with E-state index >= 15 is 0 Å². The predicted molar refractivity (Wildman–Crippen MR) is 98.8 cm³/mol. The highest BCUT2D eigenvalue weighted by Crippen LogP contribution is 2.21. The number of aromatic nitrogens is 2. The Morgan fingerprint density at radius 1 is 1.41 bits per heavy atom. The van der Waals surface area contributed by atoms with Gasteiger partial charge in [-0.25, -0.2) is 12.8 Å². The first-order valence-corrected chi connectivity index (χ1v) is 10.7. The molecule has 2 atom stereocenters. The Bertz CT molecular complexity index is 936. The first-order chi connectivity index (χ1) is 12.8. The molecule has 2 aromatic rings. The molecule has 1 amide bonds. The fraction of sp³-hybridized carbons (Fsp3) is 0.444. The highest BCUT2D eigenvalue weighted by atomic mass is 32.2. The van der Waals surface area contributed by atoms with Crippen LogP contribution in [-0.4, -0.2) is 43.5 Å². The molecule has 2 N–H and O–H groups in total. The van der Waals surface area contributed by atoms with Gasteiger partial charge in [-0.2, -0.15) is 5.10 Å². The number of sulfone groups is 1. The molecule has 2 heterocycles. The van der Waals surface area contributed by atoms with Gasteiger partial charge in [-0.05, 0) is 50.1 Å². The number of hydrogen-bond acceptors (Lipinski definition) is 5. The van der Waals surface area contributed by atoms with Crippen LogP contribution in [-0.2, 0) is 9.84 Å². The number of halogens is 1. The summed E-state index contributed by atoms with van der Waals surface area (Å²) in [5, 5.41) is 10.4. The predicted octanol–water partition coefficient (Wildman–Crippen LogP) is 1.84. The quantitative estimate of drug-likeness (QED) is 0.807. The number of carbonyl (C=O) groups excluding carboxylic acids is 1. The number of nitrogens with zero attached hydrogens (tertiary/aromatic N) is 2. The van der Waals surface area contributed by atoms with Crippen LogP contribution in [0, 0.1) is 5.82 Å². The topological polar surface area (TPSA) is 93.1 Å². The van der Waals surface area contributed by atoms with E-state index in [4.69, 9.17) is 0 Å². The van der Waals surface area contributed by atoms with Crippen LogP contribution in [0.1, 0.15) is 47.9 Å². The number of amides is 1. The second-order valence-corrected chi connectivity index (χ2v) is 8.82. The van der Waals surface area contributed by atoms with Crippen molar-refractivity contribution in [1.82, 2.24) is 20.4 Å². The first-order valence-electron chi connectivity index (χ1n) is 8.82. The molecule has 0 aliphatic carbocycles. The molecule has 0 saturated carbocycles. The molecule has 1 saturated heterocycles. The summed E-state index contributed by atoms with van der Waals surface area (Å²) in [5.41, 5.74) is 0.768. The lowest BCUT2D eigenvalue weighted by Gasteiger charge is -2.22. The van der Waals surface area contributed by atoms with Crippen LogP contribution < -0.4 is 10.6 Å². The smallest absolute Gasteiger partial charge is 0.272 e. The van der Waals surface area contributed by atoms with Crippen molar-refractivity contribution in [3.05, 3.63) is 47.5 Å². The van der Waals surface area contributed by atoms with Gasteiger partial charge in [-0.1, -0.05) is 6.07 Å². The zero-order valence-corrected chi connectivity index (χ0v) is 16.1. The number of rotatable bonds is 5. The Hall–Kier alpha value is -2.26. The molecule has 7 nitrogen and oxygen atoms in total. The summed E-state index contributed by atoms with van der Waals surface area (Å²) >= 11 is 0. The first kappa shape index (κ1) is 19.5. The zero-order valence-electron chi connectivity index (χ0n) is 15.3. The minimum atomic E-state index is -3.63. The largest absolute Gasteiger partial charge is 0.344 e. The monoisotopic (exact) mass is 394 g/mol. The van der Waals surface area contributed by atoms with Gasteiger partial charge in [-0.15, -0.1) is 0 Å². The fourth-order valence-corrected chi connectivity index (χ4v) is 3.89. The van der Waals surface area contributed by atoms with Crippen molar-refractivity contribution in [1.29, 1.82) is 0 Å². The van der Waals surface area contributed by atoms with E-state index in [1.807, 2.05) is 0 Å². The van der Waals surface area contributed by atoms with Gasteiger partial charge in [0.25, 0.3) is 5.91 Å². The number of piperidine rings is 1. The fourth-order valence-electron chi connectivity index (χ4n) is 3.16. The summed E-state index contributed by atoms with van der Waals surface area (Å²) in [6.07, 6.45) is 4.82. The molecule has 27 heavy (non-hydrogen) atoms. The Balaban J connectivity index is 1.69. The molecule has 1 fully saturated rings. The maximum Gasteiger partial charge on any atom is 0.272 e. The number of hydrogen-bond donors (Lipinski definition) is 2. The normalized spacial score (nSPS) is 18.9. The van der Waals surface area contributed by atoms with Gasteiger partial charge in [0.2, 0.25) is 0 Å². The van der Waals surface area contributed by atoms with Crippen LogP contribution in [0.2, 0.25) is 0 Å². The second kappa shape index (κ2) is 7.77. The van der Waals surface area contributed by atoms with E-state index in [0.717, 1.165) is 38.3 Å². The van der Waals surface area contributed by atoms with Gasteiger partial charge in [-0.3, -0.25) is 9.48 Å². The average molecular weight is 394 g/mol. The summed E-state index contributed by atoms with van der Waals surface area (Å²) in [6, 6.07) is 5.24. The van der Waals surface area contributed by atoms with E-state index < -0.39 is 21.7 Å². The Kier molecular flexibility index (Phi) is 5.61. The molecule has 146 valence electrons. The number of carbonyl (C=O) groups is 1. The molecule has 1 aliphatic heterocycles. The molecular weight excluding hydrogens is 371 g/mol. The van der Waals surface area contributed by atoms with Crippen molar-refractivity contribution in [2.24, 2.45) is 0 Å². The van der Waals surface area contributed by atoms with E-state index in [1.54, 1.807) is 23.9 Å². The van der Waals surface area contributed by atoms with E-state index in [-0.39, 0.29) is 16.8 Å². The van der Waals surface area contributed by atoms with Gasteiger partial charge in [0.05, 0.1) is 12.1 Å². The highest BCUT2D eigenvalue weighted by molar-refractivity contribution is 7.90. The zero-order chi connectivity index (χ0) is 19.6. The molecule has 1 aliphatic rings. The molecule has 0 radical (unpaired) electrons. The van der Waals surface area contributed by atoms with Crippen LogP contribution in [0.5, 0.6) is 0 Å². The summed E-state index contributed by atoms with van der Waals surface area (Å²) in [7, 11) is -3.63. The van der Waals surface area contributed by atoms with Crippen LogP contribution >= 0.6 is 0 Å². The van der Waals surface area contributed by atoms with Crippen molar-refractivity contribution in [3.8, 4) is 0 Å². The Morgan fingerprint density at radius 3 is 2.81 bits per heavy atom. The standard InChI is InChI=1S/C18H23FN4O3S/c1-12(13-5-6-17(15(19)10-13)27(2,25)26)21-18(24)16-7-9-23(22-16)14-4-3-8-20-11-14/h5-7,9-10,12,14,20H,3-4,8,11H2,1-2H3,(H,21,24). The van der Waals surface area contributed by atoms with Gasteiger partial charge in [0.15, 0.2) is 9.84 Å². The third kappa shape index (κ3) is 4.54. The van der Waals surface area contributed by atoms with Crippen LogP contribution in [0.4, 0.5) is 4.39 Å². The number of benzene rings is 1. The van der Waals surface area contributed by atoms with E-state index in [2.05, 4.69) is 15.7 Å².